The molecule has 1 atom stereocenters. The molecule has 0 saturated carbocycles. The lowest BCUT2D eigenvalue weighted by Crippen LogP contribution is -2.45. The molecular formula is C18H19FN2O4. The zero-order valence-corrected chi connectivity index (χ0v) is 13.8. The summed E-state index contributed by atoms with van der Waals surface area (Å²) in [6.07, 6.45) is 2.77. The van der Waals surface area contributed by atoms with Crippen LogP contribution >= 0.6 is 0 Å². The minimum Gasteiger partial charge on any atom is -0.497 e. The minimum absolute atomic E-state index is 0.0634. The number of nitrogens with one attached hydrogen (secondary N) is 1. The molecule has 3 rings (SSSR count). The Morgan fingerprint density at radius 2 is 2.24 bits per heavy atom. The number of nitrogens with zero attached hydrogens (tertiary/aromatic N) is 1. The maximum absolute atomic E-state index is 14.2. The summed E-state index contributed by atoms with van der Waals surface area (Å²) < 4.78 is 24.3. The van der Waals surface area contributed by atoms with E-state index in [2.05, 4.69) is 5.32 Å². The van der Waals surface area contributed by atoms with E-state index in [0.29, 0.717) is 30.9 Å². The van der Waals surface area contributed by atoms with Gasteiger partial charge < -0.3 is 19.4 Å². The first kappa shape index (κ1) is 17.0. The Kier molecular flexibility index (Phi) is 5.02. The summed E-state index contributed by atoms with van der Waals surface area (Å²) in [5.74, 6) is -0.452. The highest BCUT2D eigenvalue weighted by Crippen LogP contribution is 2.23. The number of ether oxygens (including phenoxy) is 1. The number of carbonyl (C=O) groups excluding carboxylic acids is 2. The molecule has 0 radical (unpaired) electrons. The smallest absolute Gasteiger partial charge is 0.257 e. The Bertz CT molecular complexity index is 760. The second-order valence-electron chi connectivity index (χ2n) is 5.80. The fourth-order valence-corrected chi connectivity index (χ4v) is 2.94. The van der Waals surface area contributed by atoms with Crippen LogP contribution in [0.4, 0.5) is 4.39 Å². The number of amides is 2. The van der Waals surface area contributed by atoms with Crippen molar-refractivity contribution in [1.29, 1.82) is 0 Å². The van der Waals surface area contributed by atoms with Crippen LogP contribution in [0.2, 0.25) is 0 Å². The van der Waals surface area contributed by atoms with Crippen LogP contribution in [0.15, 0.2) is 41.0 Å². The van der Waals surface area contributed by atoms with Crippen LogP contribution in [-0.4, -0.2) is 36.4 Å². The van der Waals surface area contributed by atoms with Gasteiger partial charge in [0.2, 0.25) is 5.91 Å². The van der Waals surface area contributed by atoms with Gasteiger partial charge in [-0.25, -0.2) is 4.39 Å². The summed E-state index contributed by atoms with van der Waals surface area (Å²) in [4.78, 5) is 26.5. The molecule has 2 aromatic rings. The van der Waals surface area contributed by atoms with Gasteiger partial charge in [-0.3, -0.25) is 9.59 Å². The Balaban J connectivity index is 1.70. The fraction of sp³-hybridized carbons (Fsp3) is 0.333. The van der Waals surface area contributed by atoms with E-state index in [1.54, 1.807) is 12.1 Å². The van der Waals surface area contributed by atoms with E-state index in [4.69, 9.17) is 9.15 Å². The van der Waals surface area contributed by atoms with Gasteiger partial charge in [0.05, 0.1) is 25.5 Å². The Morgan fingerprint density at radius 1 is 1.40 bits per heavy atom. The quantitative estimate of drug-likeness (QED) is 0.902. The van der Waals surface area contributed by atoms with E-state index >= 15 is 0 Å². The molecule has 1 N–H and O–H groups in total. The first-order chi connectivity index (χ1) is 12.1. The molecule has 1 fully saturated rings. The second-order valence-corrected chi connectivity index (χ2v) is 5.80. The molecule has 132 valence electrons. The highest BCUT2D eigenvalue weighted by Gasteiger charge is 2.35. The molecule has 1 aromatic carbocycles. The van der Waals surface area contributed by atoms with Crippen molar-refractivity contribution < 1.29 is 23.1 Å². The normalized spacial score (nSPS) is 16.7. The number of furan rings is 1. The van der Waals surface area contributed by atoms with E-state index < -0.39 is 17.8 Å². The van der Waals surface area contributed by atoms with Crippen LogP contribution in [0.1, 0.15) is 29.0 Å². The Labute approximate surface area is 144 Å². The van der Waals surface area contributed by atoms with Crippen LogP contribution in [0.25, 0.3) is 0 Å². The van der Waals surface area contributed by atoms with Crippen LogP contribution in [0, 0.1) is 5.82 Å². The number of likely N-dealkylation sites (tertiary alicyclic amines) is 1. The fourth-order valence-electron chi connectivity index (χ4n) is 2.94. The van der Waals surface area contributed by atoms with Gasteiger partial charge in [0.15, 0.2) is 0 Å². The first-order valence-corrected chi connectivity index (χ1v) is 8.04. The third kappa shape index (κ3) is 3.65. The third-order valence-electron chi connectivity index (χ3n) is 4.24. The van der Waals surface area contributed by atoms with Crippen molar-refractivity contribution in [3.63, 3.8) is 0 Å². The molecule has 1 aliphatic rings. The van der Waals surface area contributed by atoms with Crippen molar-refractivity contribution in [2.24, 2.45) is 0 Å². The number of halogens is 1. The Morgan fingerprint density at radius 3 is 2.92 bits per heavy atom. The zero-order chi connectivity index (χ0) is 17.8. The van der Waals surface area contributed by atoms with Crippen LogP contribution in [-0.2, 0) is 11.3 Å². The summed E-state index contributed by atoms with van der Waals surface area (Å²) in [5.41, 5.74) is -0.0634. The lowest BCUT2D eigenvalue weighted by molar-refractivity contribution is -0.125. The van der Waals surface area contributed by atoms with E-state index in [9.17, 15) is 14.0 Å². The highest BCUT2D eigenvalue weighted by molar-refractivity contribution is 5.98. The molecule has 6 nitrogen and oxygen atoms in total. The van der Waals surface area contributed by atoms with Crippen molar-refractivity contribution in [2.45, 2.75) is 25.4 Å². The maximum atomic E-state index is 14.2. The van der Waals surface area contributed by atoms with Gasteiger partial charge in [-0.05, 0) is 37.1 Å². The van der Waals surface area contributed by atoms with Crippen molar-refractivity contribution in [3.05, 3.63) is 53.7 Å². The summed E-state index contributed by atoms with van der Waals surface area (Å²) >= 11 is 0. The van der Waals surface area contributed by atoms with Gasteiger partial charge >= 0.3 is 0 Å². The van der Waals surface area contributed by atoms with E-state index in [1.807, 2.05) is 0 Å². The average molecular weight is 346 g/mol. The van der Waals surface area contributed by atoms with Crippen molar-refractivity contribution in [3.8, 4) is 5.75 Å². The van der Waals surface area contributed by atoms with Gasteiger partial charge in [-0.1, -0.05) is 0 Å². The molecule has 7 heteroatoms. The van der Waals surface area contributed by atoms with Crippen molar-refractivity contribution in [1.82, 2.24) is 10.2 Å². The number of rotatable bonds is 5. The molecule has 0 bridgehead atoms. The molecule has 1 saturated heterocycles. The summed E-state index contributed by atoms with van der Waals surface area (Å²) in [7, 11) is 1.43. The van der Waals surface area contributed by atoms with Gasteiger partial charge in [0.1, 0.15) is 23.4 Å². The van der Waals surface area contributed by atoms with Gasteiger partial charge in [-0.15, -0.1) is 0 Å². The molecule has 25 heavy (non-hydrogen) atoms. The number of hydrogen-bond acceptors (Lipinski definition) is 4. The highest BCUT2D eigenvalue weighted by atomic mass is 19.1. The summed E-state index contributed by atoms with van der Waals surface area (Å²) in [5, 5.41) is 2.76. The SMILES string of the molecule is COc1ccc(C(=O)N2CCCC2C(=O)NCc2ccco2)c(F)c1. The van der Waals surface area contributed by atoms with Gasteiger partial charge in [0, 0.05) is 12.6 Å². The molecule has 2 amide bonds. The summed E-state index contributed by atoms with van der Waals surface area (Å²) in [6, 6.07) is 6.95. The third-order valence-corrected chi connectivity index (χ3v) is 4.24. The molecule has 1 unspecified atom stereocenters. The average Bonchev–Trinajstić information content (AvgIpc) is 3.30. The molecule has 1 aromatic heterocycles. The molecule has 0 spiro atoms. The second kappa shape index (κ2) is 7.38. The van der Waals surface area contributed by atoms with Crippen LogP contribution in [0.3, 0.4) is 0 Å². The minimum atomic E-state index is -0.661. The molecule has 2 heterocycles. The number of benzene rings is 1. The zero-order valence-electron chi connectivity index (χ0n) is 13.8. The predicted octanol–water partition coefficient (Wildman–Crippen LogP) is 2.35. The first-order valence-electron chi connectivity index (χ1n) is 8.04. The van der Waals surface area contributed by atoms with Crippen molar-refractivity contribution in [2.75, 3.05) is 13.7 Å². The van der Waals surface area contributed by atoms with E-state index in [-0.39, 0.29) is 18.0 Å². The van der Waals surface area contributed by atoms with Crippen molar-refractivity contribution >= 4 is 11.8 Å². The standard InChI is InChI=1S/C18H19FN2O4/c1-24-12-6-7-14(15(19)10-12)18(23)21-8-2-5-16(21)17(22)20-11-13-4-3-9-25-13/h3-4,6-7,9-10,16H,2,5,8,11H2,1H3,(H,20,22). The lowest BCUT2D eigenvalue weighted by Gasteiger charge is -2.24. The monoisotopic (exact) mass is 346 g/mol. The van der Waals surface area contributed by atoms with Gasteiger partial charge in [0.25, 0.3) is 5.91 Å². The number of hydrogen-bond donors (Lipinski definition) is 1. The van der Waals surface area contributed by atoms with E-state index in [1.165, 1.54) is 30.4 Å². The topological polar surface area (TPSA) is 71.8 Å². The largest absolute Gasteiger partial charge is 0.497 e. The van der Waals surface area contributed by atoms with E-state index in [0.717, 1.165) is 6.07 Å². The maximum Gasteiger partial charge on any atom is 0.257 e. The predicted molar refractivity (Wildman–Crippen MR) is 87.6 cm³/mol. The number of carbonyl (C=O) groups is 2. The molecular weight excluding hydrogens is 327 g/mol. The number of methoxy groups -OCH3 is 1. The Hall–Kier alpha value is -2.83. The van der Waals surface area contributed by atoms with Gasteiger partial charge in [-0.2, -0.15) is 0 Å². The lowest BCUT2D eigenvalue weighted by atomic mass is 10.1. The van der Waals surface area contributed by atoms with Crippen LogP contribution < -0.4 is 10.1 Å². The summed E-state index contributed by atoms with van der Waals surface area (Å²) in [6.45, 7) is 0.671. The molecule has 1 aliphatic heterocycles. The van der Waals surface area contributed by atoms with Crippen LogP contribution in [0.5, 0.6) is 5.75 Å². The molecule has 0 aliphatic carbocycles.